The Hall–Kier alpha value is -3.40. The van der Waals surface area contributed by atoms with E-state index in [0.717, 1.165) is 11.1 Å². The van der Waals surface area contributed by atoms with Crippen LogP contribution < -0.4 is 5.32 Å². The molecule has 0 saturated carbocycles. The van der Waals surface area contributed by atoms with Crippen molar-refractivity contribution >= 4 is 17.6 Å². The summed E-state index contributed by atoms with van der Waals surface area (Å²) in [5.41, 5.74) is 3.70. The molecule has 0 aromatic heterocycles. The first kappa shape index (κ1) is 18.4. The van der Waals surface area contributed by atoms with Crippen molar-refractivity contribution in [2.24, 2.45) is 0 Å². The number of amides is 1. The zero-order valence-corrected chi connectivity index (χ0v) is 15.3. The fraction of sp³-hybridized carbons (Fsp3) is 0.130. The molecular formula is C23H21NO3. The Kier molecular flexibility index (Phi) is 5.67. The van der Waals surface area contributed by atoms with Gasteiger partial charge in [-0.05, 0) is 43.2 Å². The van der Waals surface area contributed by atoms with Gasteiger partial charge in [-0.15, -0.1) is 0 Å². The fourth-order valence-corrected chi connectivity index (χ4v) is 2.72. The molecule has 27 heavy (non-hydrogen) atoms. The van der Waals surface area contributed by atoms with Crippen molar-refractivity contribution < 1.29 is 14.3 Å². The number of carbonyl (C=O) groups is 2. The van der Waals surface area contributed by atoms with Gasteiger partial charge in [0, 0.05) is 11.3 Å². The molecule has 4 heteroatoms. The molecule has 3 rings (SSSR count). The Morgan fingerprint density at radius 1 is 0.852 bits per heavy atom. The lowest BCUT2D eigenvalue weighted by Crippen LogP contribution is -2.26. The van der Waals surface area contributed by atoms with E-state index in [-0.39, 0.29) is 5.91 Å². The van der Waals surface area contributed by atoms with Crippen LogP contribution in [0.1, 0.15) is 33.2 Å². The molecule has 0 radical (unpaired) electrons. The maximum absolute atomic E-state index is 13.0. The van der Waals surface area contributed by atoms with E-state index in [1.807, 2.05) is 56.3 Å². The fourth-order valence-electron chi connectivity index (χ4n) is 2.72. The number of aryl methyl sites for hydroxylation is 2. The van der Waals surface area contributed by atoms with Crippen LogP contribution >= 0.6 is 0 Å². The van der Waals surface area contributed by atoms with Crippen molar-refractivity contribution in [2.45, 2.75) is 20.0 Å². The molecule has 1 atom stereocenters. The summed E-state index contributed by atoms with van der Waals surface area (Å²) < 4.78 is 5.58. The van der Waals surface area contributed by atoms with Crippen molar-refractivity contribution in [2.75, 3.05) is 5.32 Å². The SMILES string of the molecule is Cc1ccc(C)c(NC(=O)[C@H](OC(=O)c2ccccc2)c2ccccc2)c1. The molecule has 0 aliphatic heterocycles. The third-order valence-corrected chi connectivity index (χ3v) is 4.23. The first-order valence-corrected chi connectivity index (χ1v) is 8.73. The Bertz CT molecular complexity index is 936. The van der Waals surface area contributed by atoms with Gasteiger partial charge >= 0.3 is 5.97 Å². The summed E-state index contributed by atoms with van der Waals surface area (Å²) in [4.78, 5) is 25.5. The molecule has 0 saturated heterocycles. The third kappa shape index (κ3) is 4.61. The molecule has 0 heterocycles. The molecule has 3 aromatic rings. The molecule has 1 N–H and O–H groups in total. The molecule has 0 unspecified atom stereocenters. The second-order valence-corrected chi connectivity index (χ2v) is 6.37. The highest BCUT2D eigenvalue weighted by atomic mass is 16.5. The van der Waals surface area contributed by atoms with Crippen molar-refractivity contribution in [3.8, 4) is 0 Å². The molecule has 0 aliphatic carbocycles. The van der Waals surface area contributed by atoms with Gasteiger partial charge in [-0.2, -0.15) is 0 Å². The summed E-state index contributed by atoms with van der Waals surface area (Å²) in [6.45, 7) is 3.88. The zero-order valence-electron chi connectivity index (χ0n) is 15.3. The van der Waals surface area contributed by atoms with Gasteiger partial charge < -0.3 is 10.1 Å². The van der Waals surface area contributed by atoms with Gasteiger partial charge in [-0.1, -0.05) is 60.7 Å². The number of ether oxygens (including phenoxy) is 1. The number of rotatable bonds is 5. The average Bonchev–Trinajstić information content (AvgIpc) is 2.70. The predicted octanol–water partition coefficient (Wildman–Crippen LogP) is 4.84. The van der Waals surface area contributed by atoms with Gasteiger partial charge in [0.05, 0.1) is 5.56 Å². The number of hydrogen-bond donors (Lipinski definition) is 1. The Labute approximate surface area is 158 Å². The standard InChI is InChI=1S/C23H21NO3/c1-16-13-14-17(2)20(15-16)24-22(25)21(18-9-5-3-6-10-18)27-23(26)19-11-7-4-8-12-19/h3-15,21H,1-2H3,(H,24,25)/t21-/m1/s1. The molecular weight excluding hydrogens is 338 g/mol. The van der Waals surface area contributed by atoms with Gasteiger partial charge in [0.15, 0.2) is 0 Å². The van der Waals surface area contributed by atoms with E-state index in [2.05, 4.69) is 5.32 Å². The maximum atomic E-state index is 13.0. The molecule has 0 aliphatic rings. The lowest BCUT2D eigenvalue weighted by atomic mass is 10.1. The second-order valence-electron chi connectivity index (χ2n) is 6.37. The maximum Gasteiger partial charge on any atom is 0.339 e. The smallest absolute Gasteiger partial charge is 0.339 e. The van der Waals surface area contributed by atoms with Gasteiger partial charge in [0.1, 0.15) is 0 Å². The van der Waals surface area contributed by atoms with E-state index in [0.29, 0.717) is 16.8 Å². The van der Waals surface area contributed by atoms with Gasteiger partial charge in [-0.25, -0.2) is 4.79 Å². The Morgan fingerprint density at radius 3 is 2.15 bits per heavy atom. The minimum absolute atomic E-state index is 0.390. The quantitative estimate of drug-likeness (QED) is 0.663. The van der Waals surface area contributed by atoms with Crippen LogP contribution in [0.2, 0.25) is 0 Å². The number of carbonyl (C=O) groups excluding carboxylic acids is 2. The summed E-state index contributed by atoms with van der Waals surface area (Å²) >= 11 is 0. The van der Waals surface area contributed by atoms with Crippen LogP contribution in [0.3, 0.4) is 0 Å². The summed E-state index contributed by atoms with van der Waals surface area (Å²) in [5, 5.41) is 2.89. The normalized spacial score (nSPS) is 11.5. The largest absolute Gasteiger partial charge is 0.444 e. The highest BCUT2D eigenvalue weighted by molar-refractivity contribution is 5.98. The van der Waals surface area contributed by atoms with Crippen LogP contribution in [-0.2, 0) is 9.53 Å². The average molecular weight is 359 g/mol. The van der Waals surface area contributed by atoms with Crippen molar-refractivity contribution in [3.05, 3.63) is 101 Å². The molecule has 0 fully saturated rings. The summed E-state index contributed by atoms with van der Waals surface area (Å²) in [6, 6.07) is 23.5. The Morgan fingerprint density at radius 2 is 1.48 bits per heavy atom. The first-order valence-electron chi connectivity index (χ1n) is 8.73. The van der Waals surface area contributed by atoms with Gasteiger partial charge in [0.25, 0.3) is 5.91 Å². The molecule has 3 aromatic carbocycles. The van der Waals surface area contributed by atoms with E-state index < -0.39 is 12.1 Å². The summed E-state index contributed by atoms with van der Waals surface area (Å²) in [7, 11) is 0. The minimum Gasteiger partial charge on any atom is -0.444 e. The Balaban J connectivity index is 1.87. The minimum atomic E-state index is -1.04. The molecule has 0 bridgehead atoms. The van der Waals surface area contributed by atoms with E-state index in [9.17, 15) is 9.59 Å². The second kappa shape index (κ2) is 8.32. The predicted molar refractivity (Wildman–Crippen MR) is 106 cm³/mol. The van der Waals surface area contributed by atoms with Crippen LogP contribution in [0.5, 0.6) is 0 Å². The van der Waals surface area contributed by atoms with Crippen molar-refractivity contribution in [1.82, 2.24) is 0 Å². The summed E-state index contributed by atoms with van der Waals surface area (Å²) in [5.74, 6) is -0.931. The molecule has 0 spiro atoms. The zero-order chi connectivity index (χ0) is 19.2. The van der Waals surface area contributed by atoms with Crippen LogP contribution in [-0.4, -0.2) is 11.9 Å². The lowest BCUT2D eigenvalue weighted by Gasteiger charge is -2.19. The van der Waals surface area contributed by atoms with E-state index in [1.54, 1.807) is 36.4 Å². The number of esters is 1. The number of benzene rings is 3. The number of hydrogen-bond acceptors (Lipinski definition) is 3. The first-order chi connectivity index (χ1) is 13.0. The third-order valence-electron chi connectivity index (χ3n) is 4.23. The lowest BCUT2D eigenvalue weighted by molar-refractivity contribution is -0.125. The summed E-state index contributed by atoms with van der Waals surface area (Å²) in [6.07, 6.45) is -1.04. The number of nitrogens with one attached hydrogen (secondary N) is 1. The van der Waals surface area contributed by atoms with Crippen LogP contribution in [0, 0.1) is 13.8 Å². The van der Waals surface area contributed by atoms with Crippen LogP contribution in [0.4, 0.5) is 5.69 Å². The molecule has 4 nitrogen and oxygen atoms in total. The van der Waals surface area contributed by atoms with Crippen molar-refractivity contribution in [1.29, 1.82) is 0 Å². The highest BCUT2D eigenvalue weighted by Gasteiger charge is 2.26. The topological polar surface area (TPSA) is 55.4 Å². The van der Waals surface area contributed by atoms with Crippen LogP contribution in [0.15, 0.2) is 78.9 Å². The van der Waals surface area contributed by atoms with E-state index in [1.165, 1.54) is 0 Å². The molecule has 136 valence electrons. The highest BCUT2D eigenvalue weighted by Crippen LogP contribution is 2.23. The van der Waals surface area contributed by atoms with Gasteiger partial charge in [0.2, 0.25) is 6.10 Å². The van der Waals surface area contributed by atoms with Gasteiger partial charge in [-0.3, -0.25) is 4.79 Å². The van der Waals surface area contributed by atoms with E-state index in [4.69, 9.17) is 4.74 Å². The number of anilines is 1. The van der Waals surface area contributed by atoms with E-state index >= 15 is 0 Å². The van der Waals surface area contributed by atoms with Crippen molar-refractivity contribution in [3.63, 3.8) is 0 Å². The van der Waals surface area contributed by atoms with Crippen LogP contribution in [0.25, 0.3) is 0 Å². The monoisotopic (exact) mass is 359 g/mol. The molecule has 1 amide bonds.